The highest BCUT2D eigenvalue weighted by Gasteiger charge is 2.65. The summed E-state index contributed by atoms with van der Waals surface area (Å²) in [6.07, 6.45) is 0. The van der Waals surface area contributed by atoms with Gasteiger partial charge in [-0.15, -0.1) is 0 Å². The average Bonchev–Trinajstić information content (AvgIpc) is 3.22. The maximum absolute atomic E-state index is 14.1. The van der Waals surface area contributed by atoms with Gasteiger partial charge in [-0.1, -0.05) is 12.1 Å². The van der Waals surface area contributed by atoms with Crippen LogP contribution in [-0.2, 0) is 31.8 Å². The Labute approximate surface area is 195 Å². The van der Waals surface area contributed by atoms with E-state index in [9.17, 15) is 27.0 Å². The van der Waals surface area contributed by atoms with Crippen molar-refractivity contribution in [2.24, 2.45) is 0 Å². The number of anilines is 2. The molecule has 0 N–H and O–H groups in total. The van der Waals surface area contributed by atoms with Crippen LogP contribution < -0.4 is 14.5 Å². The van der Waals surface area contributed by atoms with Gasteiger partial charge in [0.2, 0.25) is 10.8 Å². The predicted octanol–water partition coefficient (Wildman–Crippen LogP) is 3.61. The lowest BCUT2D eigenvalue weighted by Gasteiger charge is -2.32. The lowest BCUT2D eigenvalue weighted by molar-refractivity contribution is -0.123. The fraction of sp³-hybridized carbons (Fsp3) is 0.167. The summed E-state index contributed by atoms with van der Waals surface area (Å²) in [5.41, 5.74) is 1.13. The van der Waals surface area contributed by atoms with Crippen LogP contribution in [0.4, 0.5) is 24.5 Å². The summed E-state index contributed by atoms with van der Waals surface area (Å²) in [6.45, 7) is 0.0111. The van der Waals surface area contributed by atoms with E-state index in [1.807, 2.05) is 0 Å². The summed E-state index contributed by atoms with van der Waals surface area (Å²) < 4.78 is 59.9. The van der Waals surface area contributed by atoms with E-state index in [4.69, 9.17) is 4.74 Å². The van der Waals surface area contributed by atoms with E-state index in [1.54, 1.807) is 12.1 Å². The Balaban J connectivity index is 1.72. The average molecular weight is 486 g/mol. The van der Waals surface area contributed by atoms with Crippen LogP contribution in [0, 0.1) is 17.5 Å². The minimum absolute atomic E-state index is 0.0111. The third-order valence-electron chi connectivity index (χ3n) is 5.96. The summed E-state index contributed by atoms with van der Waals surface area (Å²) in [5, 5.41) is 0. The van der Waals surface area contributed by atoms with Crippen molar-refractivity contribution < 1.29 is 31.7 Å². The van der Waals surface area contributed by atoms with Gasteiger partial charge in [0, 0.05) is 17.3 Å². The Bertz CT molecular complexity index is 1360. The predicted molar refractivity (Wildman–Crippen MR) is 119 cm³/mol. The van der Waals surface area contributed by atoms with Crippen molar-refractivity contribution in [3.8, 4) is 5.75 Å². The largest absolute Gasteiger partial charge is 0.497 e. The summed E-state index contributed by atoms with van der Waals surface area (Å²) in [6, 6.07) is 13.1. The molecule has 1 saturated heterocycles. The highest BCUT2D eigenvalue weighted by atomic mass is 32.2. The molecule has 3 aromatic rings. The molecule has 2 amide bonds. The van der Waals surface area contributed by atoms with Crippen LogP contribution in [0.5, 0.6) is 5.75 Å². The van der Waals surface area contributed by atoms with Crippen molar-refractivity contribution in [3.05, 3.63) is 89.2 Å². The molecule has 2 aliphatic heterocycles. The smallest absolute Gasteiger partial charge is 0.271 e. The van der Waals surface area contributed by atoms with Gasteiger partial charge < -0.3 is 9.64 Å². The van der Waals surface area contributed by atoms with E-state index in [0.29, 0.717) is 17.0 Å². The molecule has 174 valence electrons. The monoisotopic (exact) mass is 486 g/mol. The number of rotatable bonds is 4. The van der Waals surface area contributed by atoms with E-state index in [0.717, 1.165) is 23.1 Å². The molecular formula is C24H17F3N2O4S. The molecule has 5 rings (SSSR count). The summed E-state index contributed by atoms with van der Waals surface area (Å²) in [4.78, 5) is 27.4. The van der Waals surface area contributed by atoms with Crippen LogP contribution >= 0.6 is 0 Å². The zero-order valence-electron chi connectivity index (χ0n) is 17.8. The number of halogens is 3. The molecule has 10 heteroatoms. The molecule has 2 heterocycles. The van der Waals surface area contributed by atoms with Crippen molar-refractivity contribution in [3.63, 3.8) is 0 Å². The Morgan fingerprint density at radius 3 is 2.38 bits per heavy atom. The first-order valence-corrected chi connectivity index (χ1v) is 11.5. The Morgan fingerprint density at radius 1 is 0.971 bits per heavy atom. The molecular weight excluding hydrogens is 469 g/mol. The molecule has 0 saturated carbocycles. The number of carbonyl (C=O) groups excluding carboxylic acids is 2. The number of ether oxygens (including phenoxy) is 1. The maximum Gasteiger partial charge on any atom is 0.271 e. The standard InChI is InChI=1S/C24H17F3N2O4S/c1-33-17-7-9-21-18(11-17)24(23(31)28(21)12-14-2-4-15(25)5-3-14)29(22(30)13-34(24)32)16-6-8-19(26)20(27)10-16/h2-11H,12-13H2,1H3. The first-order valence-electron chi connectivity index (χ1n) is 10.2. The molecule has 0 radical (unpaired) electrons. The highest BCUT2D eigenvalue weighted by Crippen LogP contribution is 2.52. The van der Waals surface area contributed by atoms with Crippen LogP contribution in [0.1, 0.15) is 11.1 Å². The second-order valence-electron chi connectivity index (χ2n) is 7.86. The molecule has 6 nitrogen and oxygen atoms in total. The van der Waals surface area contributed by atoms with E-state index in [1.165, 1.54) is 42.3 Å². The number of hydrogen-bond acceptors (Lipinski definition) is 4. The zero-order valence-corrected chi connectivity index (χ0v) is 18.6. The van der Waals surface area contributed by atoms with Crippen molar-refractivity contribution in [1.82, 2.24) is 0 Å². The zero-order chi connectivity index (χ0) is 24.2. The number of benzene rings is 3. The topological polar surface area (TPSA) is 66.9 Å². The van der Waals surface area contributed by atoms with Gasteiger partial charge in [-0.05, 0) is 48.0 Å². The number of methoxy groups -OCH3 is 1. The van der Waals surface area contributed by atoms with Gasteiger partial charge in [-0.2, -0.15) is 0 Å². The molecule has 3 aromatic carbocycles. The van der Waals surface area contributed by atoms with Crippen LogP contribution in [-0.4, -0.2) is 28.9 Å². The lowest BCUT2D eigenvalue weighted by atomic mass is 10.0. The highest BCUT2D eigenvalue weighted by molar-refractivity contribution is 7.88. The molecule has 2 aliphatic rings. The fourth-order valence-electron chi connectivity index (χ4n) is 4.43. The first kappa shape index (κ1) is 22.1. The van der Waals surface area contributed by atoms with Crippen LogP contribution in [0.15, 0.2) is 60.7 Å². The molecule has 34 heavy (non-hydrogen) atoms. The van der Waals surface area contributed by atoms with Gasteiger partial charge in [-0.25, -0.2) is 13.2 Å². The van der Waals surface area contributed by atoms with Crippen molar-refractivity contribution in [1.29, 1.82) is 0 Å². The van der Waals surface area contributed by atoms with Crippen molar-refractivity contribution in [2.75, 3.05) is 22.7 Å². The second kappa shape index (κ2) is 7.98. The van der Waals surface area contributed by atoms with Gasteiger partial charge in [0.25, 0.3) is 5.91 Å². The van der Waals surface area contributed by atoms with E-state index >= 15 is 0 Å². The van der Waals surface area contributed by atoms with E-state index < -0.39 is 50.7 Å². The molecule has 0 aliphatic carbocycles. The fourth-order valence-corrected chi connectivity index (χ4v) is 6.12. The molecule has 2 atom stereocenters. The first-order chi connectivity index (χ1) is 16.3. The number of amides is 2. The van der Waals surface area contributed by atoms with Crippen molar-refractivity contribution in [2.45, 2.75) is 11.4 Å². The van der Waals surface area contributed by atoms with Crippen LogP contribution in [0.3, 0.4) is 0 Å². The Hall–Kier alpha value is -3.66. The minimum atomic E-state index is -2.06. The van der Waals surface area contributed by atoms with Crippen LogP contribution in [0.25, 0.3) is 0 Å². The molecule has 0 aromatic heterocycles. The summed E-state index contributed by atoms with van der Waals surface area (Å²) in [7, 11) is -0.638. The number of carbonyl (C=O) groups is 2. The number of nitrogens with zero attached hydrogens (tertiary/aromatic N) is 2. The quantitative estimate of drug-likeness (QED) is 0.565. The van der Waals surface area contributed by atoms with Gasteiger partial charge in [-0.3, -0.25) is 18.7 Å². The van der Waals surface area contributed by atoms with Gasteiger partial charge in [0.05, 0.1) is 30.1 Å². The third-order valence-corrected chi connectivity index (χ3v) is 7.70. The van der Waals surface area contributed by atoms with Crippen LogP contribution in [0.2, 0.25) is 0 Å². The molecule has 1 spiro atoms. The second-order valence-corrected chi connectivity index (χ2v) is 9.43. The third kappa shape index (κ3) is 3.12. The Morgan fingerprint density at radius 2 is 1.71 bits per heavy atom. The summed E-state index contributed by atoms with van der Waals surface area (Å²) >= 11 is 0. The Kier molecular flexibility index (Phi) is 5.20. The normalized spacial score (nSPS) is 21.5. The van der Waals surface area contributed by atoms with Crippen molar-refractivity contribution >= 4 is 34.0 Å². The van der Waals surface area contributed by atoms with Gasteiger partial charge in [0.15, 0.2) is 11.6 Å². The van der Waals surface area contributed by atoms with E-state index in [-0.39, 0.29) is 17.8 Å². The molecule has 0 bridgehead atoms. The lowest BCUT2D eigenvalue weighted by Crippen LogP contribution is -2.52. The van der Waals surface area contributed by atoms with Gasteiger partial charge in [0.1, 0.15) is 17.3 Å². The maximum atomic E-state index is 14.1. The van der Waals surface area contributed by atoms with E-state index in [2.05, 4.69) is 0 Å². The number of hydrogen-bond donors (Lipinski definition) is 0. The number of fused-ring (bicyclic) bond motifs is 2. The van der Waals surface area contributed by atoms with Gasteiger partial charge >= 0.3 is 0 Å². The SMILES string of the molecule is COc1ccc2c(c1)C1(C(=O)N2Cc2ccc(F)cc2)N(c2ccc(F)c(F)c2)C(=O)CS1=O. The summed E-state index contributed by atoms with van der Waals surface area (Å²) in [5.74, 6) is -4.24. The molecule has 2 unspecified atom stereocenters. The molecule has 1 fully saturated rings. The minimum Gasteiger partial charge on any atom is -0.497 e.